The summed E-state index contributed by atoms with van der Waals surface area (Å²) in [4.78, 5) is 23.8. The van der Waals surface area contributed by atoms with Crippen LogP contribution in [0.15, 0.2) is 42.5 Å². The Morgan fingerprint density at radius 1 is 0.957 bits per heavy atom. The maximum absolute atomic E-state index is 11.9. The normalized spacial score (nSPS) is 11.4. The summed E-state index contributed by atoms with van der Waals surface area (Å²) in [5.74, 6) is -0.574. The van der Waals surface area contributed by atoms with Crippen LogP contribution in [0.25, 0.3) is 0 Å². The van der Waals surface area contributed by atoms with Crippen LogP contribution in [-0.4, -0.2) is 18.6 Å². The summed E-state index contributed by atoms with van der Waals surface area (Å²) < 4.78 is 10.4. The van der Waals surface area contributed by atoms with Gasteiger partial charge in [0.25, 0.3) is 0 Å². The van der Waals surface area contributed by atoms with Gasteiger partial charge in [-0.3, -0.25) is 9.59 Å². The van der Waals surface area contributed by atoms with E-state index in [1.807, 2.05) is 6.07 Å². The highest BCUT2D eigenvalue weighted by atomic mass is 16.7. The average Bonchev–Trinajstić information content (AvgIpc) is 3.02. The van der Waals surface area contributed by atoms with Gasteiger partial charge in [-0.2, -0.15) is 5.26 Å². The molecule has 1 aliphatic rings. The fourth-order valence-corrected chi connectivity index (χ4v) is 2.02. The van der Waals surface area contributed by atoms with Crippen molar-refractivity contribution in [1.29, 1.82) is 5.26 Å². The number of nitrogens with zero attached hydrogens (tertiary/aromatic N) is 1. The lowest BCUT2D eigenvalue weighted by atomic mass is 10.2. The van der Waals surface area contributed by atoms with E-state index in [0.717, 1.165) is 0 Å². The number of fused-ring (bicyclic) bond motifs is 1. The molecule has 7 heteroatoms. The van der Waals surface area contributed by atoms with Gasteiger partial charge >= 0.3 is 11.8 Å². The highest BCUT2D eigenvalue weighted by molar-refractivity contribution is 6.43. The topological polar surface area (TPSA) is 100 Å². The summed E-state index contributed by atoms with van der Waals surface area (Å²) in [5, 5.41) is 13.7. The number of nitrogens with one attached hydrogen (secondary N) is 2. The van der Waals surface area contributed by atoms with E-state index in [4.69, 9.17) is 14.7 Å². The third-order valence-corrected chi connectivity index (χ3v) is 3.09. The molecule has 2 amide bonds. The Morgan fingerprint density at radius 2 is 1.65 bits per heavy atom. The van der Waals surface area contributed by atoms with Crippen LogP contribution in [0.1, 0.15) is 5.56 Å². The van der Waals surface area contributed by atoms with Crippen LogP contribution in [0.5, 0.6) is 11.5 Å². The predicted octanol–water partition coefficient (Wildman–Crippen LogP) is 1.86. The van der Waals surface area contributed by atoms with E-state index in [9.17, 15) is 9.59 Å². The molecule has 7 nitrogen and oxygen atoms in total. The van der Waals surface area contributed by atoms with Crippen molar-refractivity contribution in [2.75, 3.05) is 17.4 Å². The van der Waals surface area contributed by atoms with E-state index >= 15 is 0 Å². The smallest absolute Gasteiger partial charge is 0.314 e. The van der Waals surface area contributed by atoms with Crippen LogP contribution >= 0.6 is 0 Å². The van der Waals surface area contributed by atoms with Crippen molar-refractivity contribution in [2.45, 2.75) is 0 Å². The molecule has 0 saturated heterocycles. The third kappa shape index (κ3) is 3.22. The molecule has 0 unspecified atom stereocenters. The van der Waals surface area contributed by atoms with Crippen LogP contribution in [0.2, 0.25) is 0 Å². The Morgan fingerprint density at radius 3 is 2.39 bits per heavy atom. The molecule has 0 fully saturated rings. The number of ether oxygens (including phenoxy) is 2. The molecule has 0 atom stereocenters. The van der Waals surface area contributed by atoms with E-state index < -0.39 is 11.8 Å². The monoisotopic (exact) mass is 309 g/mol. The summed E-state index contributed by atoms with van der Waals surface area (Å²) in [6.45, 7) is 0.127. The Balaban J connectivity index is 1.66. The van der Waals surface area contributed by atoms with E-state index in [2.05, 4.69) is 10.6 Å². The average molecular weight is 309 g/mol. The molecule has 2 N–H and O–H groups in total. The third-order valence-electron chi connectivity index (χ3n) is 3.09. The molecule has 0 radical (unpaired) electrons. The van der Waals surface area contributed by atoms with Gasteiger partial charge in [0.2, 0.25) is 6.79 Å². The van der Waals surface area contributed by atoms with Crippen molar-refractivity contribution in [3.63, 3.8) is 0 Å². The number of rotatable bonds is 2. The minimum atomic E-state index is -0.835. The van der Waals surface area contributed by atoms with Gasteiger partial charge in [-0.1, -0.05) is 6.07 Å². The molecule has 2 aromatic rings. The standard InChI is InChI=1S/C16H11N3O4/c17-8-10-2-1-3-11(6-10)18-15(20)16(21)19-12-4-5-13-14(7-12)23-9-22-13/h1-7H,9H2,(H,18,20)(H,19,21). The van der Waals surface area contributed by atoms with Gasteiger partial charge in [0.1, 0.15) is 0 Å². The van der Waals surface area contributed by atoms with E-state index in [0.29, 0.717) is 28.4 Å². The molecule has 2 aromatic carbocycles. The Hall–Kier alpha value is -3.53. The quantitative estimate of drug-likeness (QED) is 0.825. The number of benzene rings is 2. The number of nitriles is 1. The molecular weight excluding hydrogens is 298 g/mol. The first-order valence-corrected chi connectivity index (χ1v) is 6.68. The maximum atomic E-state index is 11.9. The van der Waals surface area contributed by atoms with E-state index in [-0.39, 0.29) is 6.79 Å². The van der Waals surface area contributed by atoms with Gasteiger partial charge in [0.15, 0.2) is 11.5 Å². The fourth-order valence-electron chi connectivity index (χ4n) is 2.02. The van der Waals surface area contributed by atoms with Crippen LogP contribution < -0.4 is 20.1 Å². The lowest BCUT2D eigenvalue weighted by Crippen LogP contribution is -2.29. The van der Waals surface area contributed by atoms with Crippen molar-refractivity contribution < 1.29 is 19.1 Å². The van der Waals surface area contributed by atoms with Gasteiger partial charge in [-0.15, -0.1) is 0 Å². The second kappa shape index (κ2) is 6.07. The molecule has 0 aliphatic carbocycles. The molecule has 0 saturated carbocycles. The summed E-state index contributed by atoms with van der Waals surface area (Å²) in [5.41, 5.74) is 1.18. The highest BCUT2D eigenvalue weighted by Gasteiger charge is 2.17. The number of hydrogen-bond donors (Lipinski definition) is 2. The van der Waals surface area contributed by atoms with Gasteiger partial charge in [0, 0.05) is 17.4 Å². The van der Waals surface area contributed by atoms with Crippen molar-refractivity contribution in [3.05, 3.63) is 48.0 Å². The largest absolute Gasteiger partial charge is 0.454 e. The zero-order chi connectivity index (χ0) is 16.2. The number of amides is 2. The maximum Gasteiger partial charge on any atom is 0.314 e. The van der Waals surface area contributed by atoms with E-state index in [1.54, 1.807) is 36.4 Å². The Kier molecular flexibility index (Phi) is 3.80. The second-order valence-electron chi connectivity index (χ2n) is 4.67. The Bertz CT molecular complexity index is 826. The zero-order valence-corrected chi connectivity index (χ0v) is 11.8. The van der Waals surface area contributed by atoms with Crippen molar-refractivity contribution in [3.8, 4) is 17.6 Å². The van der Waals surface area contributed by atoms with Crippen molar-refractivity contribution in [1.82, 2.24) is 0 Å². The van der Waals surface area contributed by atoms with Gasteiger partial charge in [-0.05, 0) is 30.3 Å². The van der Waals surface area contributed by atoms with Crippen LogP contribution in [0, 0.1) is 11.3 Å². The number of carbonyl (C=O) groups excluding carboxylic acids is 2. The van der Waals surface area contributed by atoms with Crippen LogP contribution in [0.3, 0.4) is 0 Å². The molecule has 1 aliphatic heterocycles. The molecule has 0 aromatic heterocycles. The SMILES string of the molecule is N#Cc1cccc(NC(=O)C(=O)Nc2ccc3c(c2)OCO3)c1. The molecule has 0 spiro atoms. The number of anilines is 2. The second-order valence-corrected chi connectivity index (χ2v) is 4.67. The van der Waals surface area contributed by atoms with Crippen molar-refractivity contribution in [2.24, 2.45) is 0 Å². The van der Waals surface area contributed by atoms with Crippen LogP contribution in [0.4, 0.5) is 11.4 Å². The molecule has 3 rings (SSSR count). The molecule has 23 heavy (non-hydrogen) atoms. The number of hydrogen-bond acceptors (Lipinski definition) is 5. The van der Waals surface area contributed by atoms with Crippen molar-refractivity contribution >= 4 is 23.2 Å². The minimum Gasteiger partial charge on any atom is -0.454 e. The van der Waals surface area contributed by atoms with E-state index in [1.165, 1.54) is 6.07 Å². The first kappa shape index (κ1) is 14.4. The summed E-state index contributed by atoms with van der Waals surface area (Å²) >= 11 is 0. The highest BCUT2D eigenvalue weighted by Crippen LogP contribution is 2.34. The number of carbonyl (C=O) groups is 2. The molecular formula is C16H11N3O4. The first-order valence-electron chi connectivity index (χ1n) is 6.68. The fraction of sp³-hybridized carbons (Fsp3) is 0.0625. The predicted molar refractivity (Wildman–Crippen MR) is 81.0 cm³/mol. The summed E-state index contributed by atoms with van der Waals surface area (Å²) in [7, 11) is 0. The van der Waals surface area contributed by atoms with Gasteiger partial charge in [-0.25, -0.2) is 0 Å². The van der Waals surface area contributed by atoms with Crippen LogP contribution in [-0.2, 0) is 9.59 Å². The van der Waals surface area contributed by atoms with Gasteiger partial charge < -0.3 is 20.1 Å². The molecule has 0 bridgehead atoms. The molecule has 1 heterocycles. The summed E-state index contributed by atoms with van der Waals surface area (Å²) in [6, 6.07) is 13.1. The first-order chi connectivity index (χ1) is 11.2. The zero-order valence-electron chi connectivity index (χ0n) is 11.8. The lowest BCUT2D eigenvalue weighted by molar-refractivity contribution is -0.132. The molecule has 114 valence electrons. The lowest BCUT2D eigenvalue weighted by Gasteiger charge is -2.07. The Labute approximate surface area is 131 Å². The minimum absolute atomic E-state index is 0.127. The van der Waals surface area contributed by atoms with Gasteiger partial charge in [0.05, 0.1) is 11.6 Å². The summed E-state index contributed by atoms with van der Waals surface area (Å²) in [6.07, 6.45) is 0.